The number of rotatable bonds is 9. The number of hydrogen-bond acceptors (Lipinski definition) is 6. The molecule has 1 unspecified atom stereocenters. The molecule has 3 aromatic carbocycles. The number of nitrogens with one attached hydrogen (secondary N) is 1. The Hall–Kier alpha value is -3.85. The van der Waals surface area contributed by atoms with Crippen LogP contribution in [0.2, 0.25) is 0 Å². The molecule has 170 valence electrons. The number of ether oxygens (including phenoxy) is 2. The first kappa shape index (κ1) is 22.3. The second-order valence-electron chi connectivity index (χ2n) is 7.03. The monoisotopic (exact) mass is 455 g/mol. The fourth-order valence-corrected chi connectivity index (χ4v) is 3.36. The van der Waals surface area contributed by atoms with Gasteiger partial charge in [0.2, 0.25) is 11.7 Å². The standard InChI is InChI=1S/C24H20F3N3O3/c1-31-20-13-17(9-12-19(20)32-24(26)27)23-29-21(33-30-23)14-28-22(15-5-3-2-4-6-15)16-7-10-18(25)11-8-16/h2-13,22,24,28H,14H2,1H3. The van der Waals surface area contributed by atoms with Crippen LogP contribution >= 0.6 is 0 Å². The Morgan fingerprint density at radius 2 is 1.67 bits per heavy atom. The van der Waals surface area contributed by atoms with Gasteiger partial charge in [0.1, 0.15) is 5.82 Å². The van der Waals surface area contributed by atoms with E-state index in [9.17, 15) is 13.2 Å². The van der Waals surface area contributed by atoms with Gasteiger partial charge in [-0.05, 0) is 41.5 Å². The van der Waals surface area contributed by atoms with Crippen molar-refractivity contribution in [2.24, 2.45) is 0 Å². The number of alkyl halides is 2. The van der Waals surface area contributed by atoms with Crippen molar-refractivity contribution in [2.75, 3.05) is 7.11 Å². The Morgan fingerprint density at radius 1 is 0.939 bits per heavy atom. The highest BCUT2D eigenvalue weighted by molar-refractivity contribution is 5.60. The summed E-state index contributed by atoms with van der Waals surface area (Å²) < 4.78 is 53.4. The Labute approximate surface area is 188 Å². The Balaban J connectivity index is 1.52. The minimum absolute atomic E-state index is 0.0911. The second-order valence-corrected chi connectivity index (χ2v) is 7.03. The first-order valence-electron chi connectivity index (χ1n) is 10.0. The molecular weight excluding hydrogens is 435 g/mol. The normalized spacial score (nSPS) is 12.0. The van der Waals surface area contributed by atoms with E-state index in [-0.39, 0.29) is 35.7 Å². The fourth-order valence-electron chi connectivity index (χ4n) is 3.36. The van der Waals surface area contributed by atoms with E-state index < -0.39 is 6.61 Å². The molecule has 6 nitrogen and oxygen atoms in total. The molecule has 0 aliphatic heterocycles. The van der Waals surface area contributed by atoms with E-state index in [1.54, 1.807) is 12.1 Å². The van der Waals surface area contributed by atoms with E-state index in [2.05, 4.69) is 20.2 Å². The molecular formula is C24H20F3N3O3. The summed E-state index contributed by atoms with van der Waals surface area (Å²) in [7, 11) is 1.35. The van der Waals surface area contributed by atoms with E-state index in [1.165, 1.54) is 37.4 Å². The summed E-state index contributed by atoms with van der Waals surface area (Å²) in [4.78, 5) is 4.38. The van der Waals surface area contributed by atoms with Crippen molar-refractivity contribution in [3.05, 3.63) is 95.6 Å². The highest BCUT2D eigenvalue weighted by atomic mass is 19.3. The van der Waals surface area contributed by atoms with Gasteiger partial charge < -0.3 is 14.0 Å². The molecule has 9 heteroatoms. The SMILES string of the molecule is COc1cc(-c2noc(CNC(c3ccccc3)c3ccc(F)cc3)n2)ccc1OC(F)F. The van der Waals surface area contributed by atoms with E-state index in [1.807, 2.05) is 30.3 Å². The molecule has 4 aromatic rings. The first-order valence-corrected chi connectivity index (χ1v) is 10.0. The molecule has 0 bridgehead atoms. The lowest BCUT2D eigenvalue weighted by Crippen LogP contribution is -2.22. The van der Waals surface area contributed by atoms with E-state index in [0.717, 1.165) is 11.1 Å². The number of aromatic nitrogens is 2. The molecule has 0 radical (unpaired) electrons. The minimum Gasteiger partial charge on any atom is -0.493 e. The number of benzene rings is 3. The van der Waals surface area contributed by atoms with Crippen LogP contribution < -0.4 is 14.8 Å². The van der Waals surface area contributed by atoms with E-state index in [0.29, 0.717) is 11.5 Å². The molecule has 0 aliphatic carbocycles. The van der Waals surface area contributed by atoms with Crippen molar-refractivity contribution >= 4 is 0 Å². The average molecular weight is 455 g/mol. The summed E-state index contributed by atoms with van der Waals surface area (Å²) in [6, 6.07) is 20.1. The molecule has 4 rings (SSSR count). The van der Waals surface area contributed by atoms with Crippen LogP contribution in [0.25, 0.3) is 11.4 Å². The minimum atomic E-state index is -2.97. The van der Waals surface area contributed by atoms with Crippen molar-refractivity contribution in [3.8, 4) is 22.9 Å². The molecule has 1 atom stereocenters. The van der Waals surface area contributed by atoms with Gasteiger partial charge in [-0.3, -0.25) is 5.32 Å². The van der Waals surface area contributed by atoms with Gasteiger partial charge in [-0.25, -0.2) is 4.39 Å². The van der Waals surface area contributed by atoms with Gasteiger partial charge in [0, 0.05) is 5.56 Å². The third-order valence-corrected chi connectivity index (χ3v) is 4.90. The van der Waals surface area contributed by atoms with Crippen molar-refractivity contribution in [1.29, 1.82) is 0 Å². The largest absolute Gasteiger partial charge is 0.493 e. The van der Waals surface area contributed by atoms with Gasteiger partial charge >= 0.3 is 6.61 Å². The third kappa shape index (κ3) is 5.50. The summed E-state index contributed by atoms with van der Waals surface area (Å²) in [6.07, 6.45) is 0. The third-order valence-electron chi connectivity index (χ3n) is 4.90. The van der Waals surface area contributed by atoms with Gasteiger partial charge in [-0.2, -0.15) is 13.8 Å². The Kier molecular flexibility index (Phi) is 6.89. The maximum absolute atomic E-state index is 13.4. The van der Waals surface area contributed by atoms with E-state index in [4.69, 9.17) is 9.26 Å². The highest BCUT2D eigenvalue weighted by Crippen LogP contribution is 2.32. The zero-order valence-corrected chi connectivity index (χ0v) is 17.5. The molecule has 0 amide bonds. The van der Waals surface area contributed by atoms with Crippen LogP contribution in [-0.2, 0) is 6.54 Å². The van der Waals surface area contributed by atoms with Crippen LogP contribution in [0.3, 0.4) is 0 Å². The van der Waals surface area contributed by atoms with Crippen molar-refractivity contribution < 1.29 is 27.2 Å². The zero-order valence-electron chi connectivity index (χ0n) is 17.5. The molecule has 0 spiro atoms. The number of nitrogens with zero attached hydrogens (tertiary/aromatic N) is 2. The summed E-state index contributed by atoms with van der Waals surface area (Å²) in [5, 5.41) is 7.33. The summed E-state index contributed by atoms with van der Waals surface area (Å²) >= 11 is 0. The molecule has 1 N–H and O–H groups in total. The van der Waals surface area contributed by atoms with Crippen LogP contribution in [0.1, 0.15) is 23.1 Å². The van der Waals surface area contributed by atoms with Crippen LogP contribution in [0.5, 0.6) is 11.5 Å². The van der Waals surface area contributed by atoms with Crippen LogP contribution in [0.15, 0.2) is 77.3 Å². The Bertz CT molecular complexity index is 1180. The van der Waals surface area contributed by atoms with Crippen molar-refractivity contribution in [1.82, 2.24) is 15.5 Å². The zero-order chi connectivity index (χ0) is 23.2. The average Bonchev–Trinajstić information content (AvgIpc) is 3.30. The van der Waals surface area contributed by atoms with Gasteiger partial charge in [0.25, 0.3) is 0 Å². The van der Waals surface area contributed by atoms with Crippen LogP contribution in [0.4, 0.5) is 13.2 Å². The number of hydrogen-bond donors (Lipinski definition) is 1. The van der Waals surface area contributed by atoms with Gasteiger partial charge in [0.05, 0.1) is 19.7 Å². The lowest BCUT2D eigenvalue weighted by atomic mass is 9.98. The number of halogens is 3. The molecule has 0 fully saturated rings. The number of methoxy groups -OCH3 is 1. The van der Waals surface area contributed by atoms with Gasteiger partial charge in [0.15, 0.2) is 11.5 Å². The fraction of sp³-hybridized carbons (Fsp3) is 0.167. The van der Waals surface area contributed by atoms with Crippen LogP contribution in [0, 0.1) is 5.82 Å². The highest BCUT2D eigenvalue weighted by Gasteiger charge is 2.17. The summed E-state index contributed by atoms with van der Waals surface area (Å²) in [5.41, 5.74) is 2.38. The predicted molar refractivity (Wildman–Crippen MR) is 114 cm³/mol. The molecule has 1 heterocycles. The Morgan fingerprint density at radius 3 is 2.36 bits per heavy atom. The van der Waals surface area contributed by atoms with Crippen molar-refractivity contribution in [3.63, 3.8) is 0 Å². The maximum Gasteiger partial charge on any atom is 0.387 e. The molecule has 0 saturated heterocycles. The topological polar surface area (TPSA) is 69.4 Å². The van der Waals surface area contributed by atoms with Gasteiger partial charge in [-0.15, -0.1) is 0 Å². The van der Waals surface area contributed by atoms with Crippen LogP contribution in [-0.4, -0.2) is 23.9 Å². The van der Waals surface area contributed by atoms with Gasteiger partial charge in [-0.1, -0.05) is 47.6 Å². The second kappa shape index (κ2) is 10.2. The molecule has 0 aliphatic rings. The lowest BCUT2D eigenvalue weighted by molar-refractivity contribution is -0.0512. The summed E-state index contributed by atoms with van der Waals surface area (Å²) in [5.74, 6) is 0.309. The molecule has 33 heavy (non-hydrogen) atoms. The lowest BCUT2D eigenvalue weighted by Gasteiger charge is -2.19. The maximum atomic E-state index is 13.4. The summed E-state index contributed by atoms with van der Waals surface area (Å²) in [6.45, 7) is -2.72. The quantitative estimate of drug-likeness (QED) is 0.366. The predicted octanol–water partition coefficient (Wildman–Crippen LogP) is 5.36. The van der Waals surface area contributed by atoms with E-state index >= 15 is 0 Å². The first-order chi connectivity index (χ1) is 16.0. The molecule has 1 aromatic heterocycles. The van der Waals surface area contributed by atoms with Crippen molar-refractivity contribution in [2.45, 2.75) is 19.2 Å². The molecule has 0 saturated carbocycles. The smallest absolute Gasteiger partial charge is 0.387 e.